The Hall–Kier alpha value is -0.120. The number of nitrogens with two attached hydrogens (primary N) is 1. The van der Waals surface area contributed by atoms with E-state index in [0.717, 1.165) is 12.5 Å². The van der Waals surface area contributed by atoms with Gasteiger partial charge in [0.2, 0.25) is 0 Å². The topological polar surface area (TPSA) is 47.3 Å². The maximum Gasteiger partial charge on any atom is 0.0654 e. The highest BCUT2D eigenvalue weighted by Gasteiger charge is 2.23. The average molecular weight is 200 g/mol. The SMILES string of the molecule is COCC(C)(CN)NCCC1CCC1. The van der Waals surface area contributed by atoms with Crippen molar-refractivity contribution in [2.75, 3.05) is 26.8 Å². The van der Waals surface area contributed by atoms with Crippen LogP contribution in [0.3, 0.4) is 0 Å². The van der Waals surface area contributed by atoms with Gasteiger partial charge in [-0.15, -0.1) is 0 Å². The molecule has 0 aromatic heterocycles. The fraction of sp³-hybridized carbons (Fsp3) is 1.00. The molecule has 3 N–H and O–H groups in total. The first kappa shape index (κ1) is 12.0. The molecular formula is C11H24N2O. The van der Waals surface area contributed by atoms with Crippen LogP contribution < -0.4 is 11.1 Å². The van der Waals surface area contributed by atoms with Crippen molar-refractivity contribution in [1.82, 2.24) is 5.32 Å². The van der Waals surface area contributed by atoms with Crippen LogP contribution in [0.15, 0.2) is 0 Å². The lowest BCUT2D eigenvalue weighted by Gasteiger charge is -2.31. The third kappa shape index (κ3) is 3.56. The number of hydrogen-bond donors (Lipinski definition) is 2. The van der Waals surface area contributed by atoms with Crippen molar-refractivity contribution in [2.45, 2.75) is 38.1 Å². The maximum atomic E-state index is 5.71. The van der Waals surface area contributed by atoms with Gasteiger partial charge in [0.1, 0.15) is 0 Å². The van der Waals surface area contributed by atoms with E-state index in [1.165, 1.54) is 25.7 Å². The van der Waals surface area contributed by atoms with Crippen molar-refractivity contribution in [2.24, 2.45) is 11.7 Å². The predicted molar refractivity (Wildman–Crippen MR) is 59.3 cm³/mol. The van der Waals surface area contributed by atoms with Gasteiger partial charge in [-0.25, -0.2) is 0 Å². The number of rotatable bonds is 7. The molecule has 0 amide bonds. The molecule has 3 nitrogen and oxygen atoms in total. The Kier molecular flexibility index (Phi) is 4.85. The fourth-order valence-electron chi connectivity index (χ4n) is 1.86. The van der Waals surface area contributed by atoms with Crippen LogP contribution in [0.1, 0.15) is 32.6 Å². The summed E-state index contributed by atoms with van der Waals surface area (Å²) in [6, 6.07) is 0. The second kappa shape index (κ2) is 5.69. The van der Waals surface area contributed by atoms with Crippen LogP contribution in [0, 0.1) is 5.92 Å². The van der Waals surface area contributed by atoms with Gasteiger partial charge in [-0.2, -0.15) is 0 Å². The molecule has 1 rings (SSSR count). The molecule has 3 heteroatoms. The van der Waals surface area contributed by atoms with Crippen molar-refractivity contribution in [3.8, 4) is 0 Å². The molecule has 0 aliphatic heterocycles. The molecule has 0 spiro atoms. The van der Waals surface area contributed by atoms with E-state index < -0.39 is 0 Å². The predicted octanol–water partition coefficient (Wildman–Crippen LogP) is 1.13. The number of methoxy groups -OCH3 is 1. The van der Waals surface area contributed by atoms with E-state index >= 15 is 0 Å². The van der Waals surface area contributed by atoms with Gasteiger partial charge in [-0.1, -0.05) is 19.3 Å². The second-order valence-electron chi connectivity index (χ2n) is 4.71. The third-order valence-electron chi connectivity index (χ3n) is 3.24. The summed E-state index contributed by atoms with van der Waals surface area (Å²) in [6.07, 6.45) is 5.56. The van der Waals surface area contributed by atoms with Gasteiger partial charge < -0.3 is 15.8 Å². The van der Waals surface area contributed by atoms with Crippen molar-refractivity contribution >= 4 is 0 Å². The zero-order chi connectivity index (χ0) is 10.4. The molecule has 1 saturated carbocycles. The molecule has 0 radical (unpaired) electrons. The Morgan fingerprint density at radius 1 is 1.50 bits per heavy atom. The third-order valence-corrected chi connectivity index (χ3v) is 3.24. The maximum absolute atomic E-state index is 5.71. The molecule has 0 saturated heterocycles. The Labute approximate surface area is 87.4 Å². The summed E-state index contributed by atoms with van der Waals surface area (Å²) in [5.74, 6) is 0.965. The minimum Gasteiger partial charge on any atom is -0.383 e. The summed E-state index contributed by atoms with van der Waals surface area (Å²) in [5, 5.41) is 3.50. The van der Waals surface area contributed by atoms with Gasteiger partial charge in [0, 0.05) is 13.7 Å². The van der Waals surface area contributed by atoms with Crippen LogP contribution >= 0.6 is 0 Å². The molecule has 0 aromatic carbocycles. The fourth-order valence-corrected chi connectivity index (χ4v) is 1.86. The largest absolute Gasteiger partial charge is 0.383 e. The Balaban J connectivity index is 2.12. The summed E-state index contributed by atoms with van der Waals surface area (Å²) in [4.78, 5) is 0. The minimum atomic E-state index is -0.0432. The number of hydrogen-bond acceptors (Lipinski definition) is 3. The molecule has 14 heavy (non-hydrogen) atoms. The van der Waals surface area contributed by atoms with Crippen molar-refractivity contribution in [3.63, 3.8) is 0 Å². The molecule has 84 valence electrons. The van der Waals surface area contributed by atoms with Gasteiger partial charge >= 0.3 is 0 Å². The van der Waals surface area contributed by atoms with Crippen LogP contribution in [0.2, 0.25) is 0 Å². The summed E-state index contributed by atoms with van der Waals surface area (Å²) < 4.78 is 5.15. The minimum absolute atomic E-state index is 0.0432. The van der Waals surface area contributed by atoms with E-state index in [9.17, 15) is 0 Å². The summed E-state index contributed by atoms with van der Waals surface area (Å²) in [7, 11) is 1.72. The van der Waals surface area contributed by atoms with E-state index in [2.05, 4.69) is 12.2 Å². The zero-order valence-corrected chi connectivity index (χ0v) is 9.51. The molecule has 0 heterocycles. The quantitative estimate of drug-likeness (QED) is 0.647. The van der Waals surface area contributed by atoms with E-state index in [0.29, 0.717) is 13.2 Å². The lowest BCUT2D eigenvalue weighted by molar-refractivity contribution is 0.120. The molecule has 0 bridgehead atoms. The molecule has 1 fully saturated rings. The first-order valence-corrected chi connectivity index (χ1v) is 5.64. The number of nitrogens with one attached hydrogen (secondary N) is 1. The molecule has 1 aliphatic carbocycles. The van der Waals surface area contributed by atoms with Gasteiger partial charge in [-0.05, 0) is 25.8 Å². The highest BCUT2D eigenvalue weighted by Crippen LogP contribution is 2.28. The van der Waals surface area contributed by atoms with Crippen LogP contribution in [-0.4, -0.2) is 32.3 Å². The van der Waals surface area contributed by atoms with Crippen LogP contribution in [0.4, 0.5) is 0 Å². The normalized spacial score (nSPS) is 21.6. The average Bonchev–Trinajstić information content (AvgIpc) is 2.10. The molecule has 1 atom stereocenters. The van der Waals surface area contributed by atoms with E-state index in [4.69, 9.17) is 10.5 Å². The van der Waals surface area contributed by atoms with Crippen LogP contribution in [-0.2, 0) is 4.74 Å². The Morgan fingerprint density at radius 2 is 2.21 bits per heavy atom. The van der Waals surface area contributed by atoms with Crippen LogP contribution in [0.5, 0.6) is 0 Å². The van der Waals surface area contributed by atoms with Gasteiger partial charge in [-0.3, -0.25) is 0 Å². The van der Waals surface area contributed by atoms with Crippen molar-refractivity contribution in [1.29, 1.82) is 0 Å². The molecule has 0 aromatic rings. The first-order valence-electron chi connectivity index (χ1n) is 5.64. The molecular weight excluding hydrogens is 176 g/mol. The van der Waals surface area contributed by atoms with E-state index in [1.807, 2.05) is 0 Å². The van der Waals surface area contributed by atoms with Gasteiger partial charge in [0.25, 0.3) is 0 Å². The van der Waals surface area contributed by atoms with Crippen molar-refractivity contribution in [3.05, 3.63) is 0 Å². The first-order chi connectivity index (χ1) is 6.70. The van der Waals surface area contributed by atoms with E-state index in [1.54, 1.807) is 7.11 Å². The van der Waals surface area contributed by atoms with Crippen LogP contribution in [0.25, 0.3) is 0 Å². The highest BCUT2D eigenvalue weighted by atomic mass is 16.5. The highest BCUT2D eigenvalue weighted by molar-refractivity contribution is 4.84. The zero-order valence-electron chi connectivity index (χ0n) is 9.51. The van der Waals surface area contributed by atoms with E-state index in [-0.39, 0.29) is 5.54 Å². The molecule has 1 unspecified atom stereocenters. The Morgan fingerprint density at radius 3 is 2.64 bits per heavy atom. The van der Waals surface area contributed by atoms with Crippen molar-refractivity contribution < 1.29 is 4.74 Å². The second-order valence-corrected chi connectivity index (χ2v) is 4.71. The standard InChI is InChI=1S/C11H24N2O/c1-11(8-12,9-14-2)13-7-6-10-4-3-5-10/h10,13H,3-9,12H2,1-2H3. The van der Waals surface area contributed by atoms with Gasteiger partial charge in [0.15, 0.2) is 0 Å². The lowest BCUT2D eigenvalue weighted by Crippen LogP contribution is -2.52. The van der Waals surface area contributed by atoms with Gasteiger partial charge in [0.05, 0.1) is 12.1 Å². The Bertz CT molecular complexity index is 159. The number of ether oxygens (including phenoxy) is 1. The summed E-state index contributed by atoms with van der Waals surface area (Å²) in [6.45, 7) is 4.51. The summed E-state index contributed by atoms with van der Waals surface area (Å²) in [5.41, 5.74) is 5.67. The smallest absolute Gasteiger partial charge is 0.0654 e. The monoisotopic (exact) mass is 200 g/mol. The summed E-state index contributed by atoms with van der Waals surface area (Å²) >= 11 is 0. The molecule has 1 aliphatic rings. The lowest BCUT2D eigenvalue weighted by atomic mass is 9.83.